The first-order chi connectivity index (χ1) is 7.18. The summed E-state index contributed by atoms with van der Waals surface area (Å²) in [5.74, 6) is 1.05. The van der Waals surface area contributed by atoms with Crippen molar-refractivity contribution < 1.29 is 0 Å². The van der Waals surface area contributed by atoms with Crippen molar-refractivity contribution in [3.05, 3.63) is 39.4 Å². The lowest BCUT2D eigenvalue weighted by Crippen LogP contribution is -1.96. The van der Waals surface area contributed by atoms with E-state index in [1.807, 2.05) is 24.3 Å². The molecule has 2 rings (SSSR count). The largest absolute Gasteiger partial charge is 0.383 e. The van der Waals surface area contributed by atoms with Gasteiger partial charge in [-0.05, 0) is 22.0 Å². The Kier molecular flexibility index (Phi) is 3.02. The summed E-state index contributed by atoms with van der Waals surface area (Å²) in [6.45, 7) is 0. The van der Waals surface area contributed by atoms with Crippen LogP contribution in [0.1, 0.15) is 0 Å². The van der Waals surface area contributed by atoms with Gasteiger partial charge in [-0.15, -0.1) is 0 Å². The Hall–Kier alpha value is -0.940. The first kappa shape index (κ1) is 10.6. The van der Waals surface area contributed by atoms with Crippen LogP contribution in [0.4, 0.5) is 5.82 Å². The Morgan fingerprint density at radius 3 is 2.47 bits per heavy atom. The Balaban J connectivity index is 2.55. The molecule has 0 bridgehead atoms. The fraction of sp³-hybridized carbons (Fsp3) is 0. The maximum absolute atomic E-state index is 5.69. The molecule has 0 spiro atoms. The van der Waals surface area contributed by atoms with Crippen LogP contribution in [-0.4, -0.2) is 9.97 Å². The second kappa shape index (κ2) is 4.28. The van der Waals surface area contributed by atoms with Crippen LogP contribution < -0.4 is 5.73 Å². The maximum atomic E-state index is 5.69. The van der Waals surface area contributed by atoms with E-state index >= 15 is 0 Å². The normalized spacial score (nSPS) is 10.3. The van der Waals surface area contributed by atoms with Gasteiger partial charge in [-0.2, -0.15) is 0 Å². The number of benzene rings is 1. The molecule has 1 heterocycles. The van der Waals surface area contributed by atoms with E-state index in [4.69, 9.17) is 5.73 Å². The van der Waals surface area contributed by atoms with E-state index in [0.717, 1.165) is 10.0 Å². The molecule has 1 aromatic heterocycles. The zero-order chi connectivity index (χ0) is 10.8. The van der Waals surface area contributed by atoms with Crippen molar-refractivity contribution in [2.24, 2.45) is 0 Å². The lowest BCUT2D eigenvalue weighted by molar-refractivity contribution is 1.17. The van der Waals surface area contributed by atoms with Crippen molar-refractivity contribution in [2.75, 3.05) is 5.73 Å². The molecule has 5 heteroatoms. The van der Waals surface area contributed by atoms with E-state index in [1.54, 1.807) is 6.20 Å². The summed E-state index contributed by atoms with van der Waals surface area (Å²) >= 11 is 6.70. The first-order valence-corrected chi connectivity index (χ1v) is 5.80. The maximum Gasteiger partial charge on any atom is 0.162 e. The molecule has 0 aliphatic heterocycles. The minimum atomic E-state index is 0.441. The third kappa shape index (κ3) is 2.18. The van der Waals surface area contributed by atoms with Gasteiger partial charge in [0.05, 0.1) is 4.47 Å². The minimum Gasteiger partial charge on any atom is -0.383 e. The Labute approximate surface area is 104 Å². The topological polar surface area (TPSA) is 51.8 Å². The number of hydrogen-bond donors (Lipinski definition) is 1. The third-order valence-electron chi connectivity index (χ3n) is 1.89. The van der Waals surface area contributed by atoms with Crippen LogP contribution >= 0.6 is 31.9 Å². The van der Waals surface area contributed by atoms with Gasteiger partial charge in [-0.25, -0.2) is 9.97 Å². The third-order valence-corrected chi connectivity index (χ3v) is 3.19. The van der Waals surface area contributed by atoms with Crippen LogP contribution in [0.15, 0.2) is 39.4 Å². The molecule has 0 amide bonds. The molecular weight excluding hydrogens is 322 g/mol. The molecule has 0 radical (unpaired) electrons. The van der Waals surface area contributed by atoms with Crippen LogP contribution in [0.3, 0.4) is 0 Å². The van der Waals surface area contributed by atoms with Crippen molar-refractivity contribution >= 4 is 37.7 Å². The molecular formula is C10H7Br2N3. The van der Waals surface area contributed by atoms with Gasteiger partial charge >= 0.3 is 0 Å². The molecule has 0 atom stereocenters. The Morgan fingerprint density at radius 1 is 1.07 bits per heavy atom. The number of anilines is 1. The van der Waals surface area contributed by atoms with Gasteiger partial charge in [-0.1, -0.05) is 34.1 Å². The summed E-state index contributed by atoms with van der Waals surface area (Å²) in [5, 5.41) is 0. The van der Waals surface area contributed by atoms with Gasteiger partial charge in [0.25, 0.3) is 0 Å². The molecule has 2 N–H and O–H groups in total. The van der Waals surface area contributed by atoms with E-state index in [9.17, 15) is 0 Å². The molecule has 0 saturated carbocycles. The first-order valence-electron chi connectivity index (χ1n) is 4.21. The van der Waals surface area contributed by atoms with E-state index in [1.165, 1.54) is 0 Å². The van der Waals surface area contributed by atoms with Gasteiger partial charge in [0.2, 0.25) is 0 Å². The summed E-state index contributed by atoms with van der Waals surface area (Å²) in [4.78, 5) is 8.40. The van der Waals surface area contributed by atoms with Crippen molar-refractivity contribution in [3.8, 4) is 11.4 Å². The van der Waals surface area contributed by atoms with E-state index in [-0.39, 0.29) is 0 Å². The second-order valence-electron chi connectivity index (χ2n) is 2.91. The Bertz CT molecular complexity index is 500. The Morgan fingerprint density at radius 2 is 1.80 bits per heavy atom. The average Bonchev–Trinajstić information content (AvgIpc) is 2.23. The lowest BCUT2D eigenvalue weighted by atomic mass is 10.2. The molecule has 0 fully saturated rings. The highest BCUT2D eigenvalue weighted by atomic mass is 79.9. The number of nitrogen functional groups attached to an aromatic ring is 1. The van der Waals surface area contributed by atoms with E-state index < -0.39 is 0 Å². The summed E-state index contributed by atoms with van der Waals surface area (Å²) in [5.41, 5.74) is 6.62. The van der Waals surface area contributed by atoms with Gasteiger partial charge in [0, 0.05) is 16.2 Å². The zero-order valence-corrected chi connectivity index (χ0v) is 10.8. The van der Waals surface area contributed by atoms with E-state index in [2.05, 4.69) is 41.8 Å². The highest BCUT2D eigenvalue weighted by molar-refractivity contribution is 9.11. The predicted molar refractivity (Wildman–Crippen MR) is 67.3 cm³/mol. The van der Waals surface area contributed by atoms with Gasteiger partial charge in [0.15, 0.2) is 5.82 Å². The molecule has 0 saturated heterocycles. The molecule has 0 aliphatic rings. The van der Waals surface area contributed by atoms with Crippen molar-refractivity contribution in [1.82, 2.24) is 9.97 Å². The SMILES string of the molecule is Nc1nc(-c2ccccc2Br)ncc1Br. The molecule has 1 aromatic carbocycles. The molecule has 76 valence electrons. The van der Waals surface area contributed by atoms with Crippen molar-refractivity contribution in [1.29, 1.82) is 0 Å². The van der Waals surface area contributed by atoms with Crippen LogP contribution in [0.25, 0.3) is 11.4 Å². The molecule has 2 aromatic rings. The number of nitrogens with two attached hydrogens (primary N) is 1. The van der Waals surface area contributed by atoms with Crippen LogP contribution in [0, 0.1) is 0 Å². The number of aromatic nitrogens is 2. The van der Waals surface area contributed by atoms with E-state index in [0.29, 0.717) is 16.1 Å². The van der Waals surface area contributed by atoms with Gasteiger partial charge in [0.1, 0.15) is 5.82 Å². The van der Waals surface area contributed by atoms with Crippen molar-refractivity contribution in [2.45, 2.75) is 0 Å². The number of hydrogen-bond acceptors (Lipinski definition) is 3. The number of halogens is 2. The quantitative estimate of drug-likeness (QED) is 0.874. The van der Waals surface area contributed by atoms with Crippen LogP contribution in [0.2, 0.25) is 0 Å². The summed E-state index contributed by atoms with van der Waals surface area (Å²) in [6.07, 6.45) is 1.65. The second-order valence-corrected chi connectivity index (χ2v) is 4.62. The number of rotatable bonds is 1. The summed E-state index contributed by atoms with van der Waals surface area (Å²) in [7, 11) is 0. The van der Waals surface area contributed by atoms with Gasteiger partial charge < -0.3 is 5.73 Å². The van der Waals surface area contributed by atoms with Crippen LogP contribution in [-0.2, 0) is 0 Å². The minimum absolute atomic E-state index is 0.441. The smallest absolute Gasteiger partial charge is 0.162 e. The predicted octanol–water partition coefficient (Wildman–Crippen LogP) is 3.25. The van der Waals surface area contributed by atoms with Crippen LogP contribution in [0.5, 0.6) is 0 Å². The summed E-state index contributed by atoms with van der Waals surface area (Å²) in [6, 6.07) is 7.75. The highest BCUT2D eigenvalue weighted by Gasteiger charge is 2.06. The fourth-order valence-electron chi connectivity index (χ4n) is 1.15. The number of nitrogens with zero attached hydrogens (tertiary/aromatic N) is 2. The molecule has 0 unspecified atom stereocenters. The lowest BCUT2D eigenvalue weighted by Gasteiger charge is -2.04. The molecule has 0 aliphatic carbocycles. The zero-order valence-electron chi connectivity index (χ0n) is 7.61. The van der Waals surface area contributed by atoms with Gasteiger partial charge in [-0.3, -0.25) is 0 Å². The fourth-order valence-corrected chi connectivity index (χ4v) is 1.81. The van der Waals surface area contributed by atoms with Crippen molar-refractivity contribution in [3.63, 3.8) is 0 Å². The average molecular weight is 329 g/mol. The summed E-state index contributed by atoms with van der Waals surface area (Å²) < 4.78 is 1.66. The standard InChI is InChI=1S/C10H7Br2N3/c11-7-4-2-1-3-6(7)10-14-5-8(12)9(13)15-10/h1-5H,(H2,13,14,15). The molecule has 3 nitrogen and oxygen atoms in total. The monoisotopic (exact) mass is 327 g/mol. The highest BCUT2D eigenvalue weighted by Crippen LogP contribution is 2.26. The molecule has 15 heavy (non-hydrogen) atoms.